The van der Waals surface area contributed by atoms with E-state index in [0.717, 1.165) is 24.3 Å². The highest BCUT2D eigenvalue weighted by Crippen LogP contribution is 2.55. The predicted octanol–water partition coefficient (Wildman–Crippen LogP) is 4.19. The molecule has 0 unspecified atom stereocenters. The fourth-order valence-corrected chi connectivity index (χ4v) is 5.77. The summed E-state index contributed by atoms with van der Waals surface area (Å²) in [6, 6.07) is 11.7. The van der Waals surface area contributed by atoms with Crippen LogP contribution in [0.25, 0.3) is 0 Å². The molecule has 1 heterocycles. The van der Waals surface area contributed by atoms with Gasteiger partial charge in [-0.1, -0.05) is 12.8 Å². The summed E-state index contributed by atoms with van der Waals surface area (Å²) in [5.74, 6) is 1.28. The van der Waals surface area contributed by atoms with E-state index >= 15 is 0 Å². The molecule has 26 heavy (non-hydrogen) atoms. The zero-order valence-corrected chi connectivity index (χ0v) is 15.0. The van der Waals surface area contributed by atoms with Crippen molar-refractivity contribution in [3.05, 3.63) is 47.5 Å². The number of aromatic hydroxyl groups is 2. The summed E-state index contributed by atoms with van der Waals surface area (Å²) < 4.78 is 0. The Hall–Kier alpha value is -2.20. The maximum absolute atomic E-state index is 10.7. The summed E-state index contributed by atoms with van der Waals surface area (Å²) in [6.45, 7) is 1.09. The topological polar surface area (TPSA) is 64.5 Å². The highest BCUT2D eigenvalue weighted by molar-refractivity contribution is 5.69. The molecule has 3 aliphatic rings. The van der Waals surface area contributed by atoms with Crippen LogP contribution >= 0.6 is 0 Å². The first-order valence-electron chi connectivity index (χ1n) is 9.81. The van der Waals surface area contributed by atoms with Gasteiger partial charge in [-0.2, -0.15) is 0 Å². The minimum absolute atomic E-state index is 0.242. The summed E-state index contributed by atoms with van der Waals surface area (Å²) in [5.41, 5.74) is 4.64. The monoisotopic (exact) mass is 350 g/mol. The maximum Gasteiger partial charge on any atom is 0.139 e. The molecule has 0 radical (unpaired) electrons. The van der Waals surface area contributed by atoms with Gasteiger partial charge in [-0.3, -0.25) is 0 Å². The van der Waals surface area contributed by atoms with Crippen LogP contribution < -0.4 is 10.6 Å². The van der Waals surface area contributed by atoms with Crippen molar-refractivity contribution in [2.75, 3.05) is 11.9 Å². The minimum atomic E-state index is 0.242. The zero-order chi connectivity index (χ0) is 17.7. The lowest BCUT2D eigenvalue weighted by molar-refractivity contribution is 0.0796. The quantitative estimate of drug-likeness (QED) is 0.484. The molecule has 4 nitrogen and oxygen atoms in total. The number of phenolic OH excluding ortho intramolecular Hbond substituents is 2. The second kappa shape index (κ2) is 5.92. The van der Waals surface area contributed by atoms with Crippen molar-refractivity contribution in [2.45, 2.75) is 50.0 Å². The molecule has 1 saturated heterocycles. The van der Waals surface area contributed by atoms with Crippen LogP contribution in [0.1, 0.15) is 43.2 Å². The number of hydrogen-bond acceptors (Lipinski definition) is 4. The Kier molecular flexibility index (Phi) is 3.64. The maximum atomic E-state index is 10.7. The van der Waals surface area contributed by atoms with E-state index in [1.165, 1.54) is 43.2 Å². The molecule has 3 atom stereocenters. The molecule has 136 valence electrons. The molecule has 2 bridgehead atoms. The summed E-state index contributed by atoms with van der Waals surface area (Å²) >= 11 is 0. The van der Waals surface area contributed by atoms with E-state index in [2.05, 4.69) is 16.7 Å². The fraction of sp³-hybridized carbons (Fsp3) is 0.455. The number of fused-ring (bicyclic) bond motifs is 1. The Bertz CT molecular complexity index is 829. The van der Waals surface area contributed by atoms with E-state index in [0.29, 0.717) is 17.7 Å². The van der Waals surface area contributed by atoms with Crippen LogP contribution in [-0.2, 0) is 11.8 Å². The Morgan fingerprint density at radius 1 is 1.04 bits per heavy atom. The van der Waals surface area contributed by atoms with E-state index in [1.807, 2.05) is 18.2 Å². The summed E-state index contributed by atoms with van der Waals surface area (Å²) in [4.78, 5) is 0. The molecule has 2 aliphatic carbocycles. The van der Waals surface area contributed by atoms with Crippen molar-refractivity contribution in [1.29, 1.82) is 0 Å². The molecule has 5 rings (SSSR count). The third kappa shape index (κ3) is 2.39. The molecule has 0 amide bonds. The van der Waals surface area contributed by atoms with Crippen molar-refractivity contribution >= 4 is 11.4 Å². The van der Waals surface area contributed by atoms with Gasteiger partial charge in [0.15, 0.2) is 0 Å². The predicted molar refractivity (Wildman–Crippen MR) is 103 cm³/mol. The largest absolute Gasteiger partial charge is 0.508 e. The van der Waals surface area contributed by atoms with E-state index < -0.39 is 0 Å². The molecule has 4 N–H and O–H groups in total. The first kappa shape index (κ1) is 16.0. The van der Waals surface area contributed by atoms with Gasteiger partial charge in [0, 0.05) is 17.1 Å². The highest BCUT2D eigenvalue weighted by atomic mass is 16.3. The number of anilines is 2. The van der Waals surface area contributed by atoms with Gasteiger partial charge < -0.3 is 20.8 Å². The van der Waals surface area contributed by atoms with Gasteiger partial charge in [0.1, 0.15) is 11.5 Å². The zero-order valence-electron chi connectivity index (χ0n) is 15.0. The van der Waals surface area contributed by atoms with E-state index in [4.69, 9.17) is 0 Å². The molecular weight excluding hydrogens is 324 g/mol. The molecular formula is C22H26N2O2. The first-order valence-corrected chi connectivity index (χ1v) is 9.81. The van der Waals surface area contributed by atoms with Crippen molar-refractivity contribution in [1.82, 2.24) is 5.32 Å². The average Bonchev–Trinajstić information content (AvgIpc) is 2.65. The van der Waals surface area contributed by atoms with Crippen molar-refractivity contribution in [3.8, 4) is 11.5 Å². The van der Waals surface area contributed by atoms with Crippen LogP contribution in [-0.4, -0.2) is 22.8 Å². The number of benzene rings is 2. The molecule has 2 fully saturated rings. The summed E-state index contributed by atoms with van der Waals surface area (Å²) in [5, 5.41) is 27.3. The lowest BCUT2D eigenvalue weighted by Gasteiger charge is -2.56. The Morgan fingerprint density at radius 3 is 2.73 bits per heavy atom. The minimum Gasteiger partial charge on any atom is -0.508 e. The molecule has 1 saturated carbocycles. The average molecular weight is 350 g/mol. The highest BCUT2D eigenvalue weighted by Gasteiger charge is 2.51. The van der Waals surface area contributed by atoms with Crippen LogP contribution in [0.4, 0.5) is 11.4 Å². The Morgan fingerprint density at radius 2 is 1.88 bits per heavy atom. The molecule has 0 spiro atoms. The Balaban J connectivity index is 1.55. The number of hydrogen-bond donors (Lipinski definition) is 4. The molecule has 1 aliphatic heterocycles. The van der Waals surface area contributed by atoms with E-state index in [-0.39, 0.29) is 11.2 Å². The van der Waals surface area contributed by atoms with Crippen LogP contribution in [0.2, 0.25) is 0 Å². The van der Waals surface area contributed by atoms with Crippen molar-refractivity contribution < 1.29 is 10.2 Å². The Labute approximate surface area is 154 Å². The lowest BCUT2D eigenvalue weighted by atomic mass is 9.53. The van der Waals surface area contributed by atoms with Gasteiger partial charge in [-0.15, -0.1) is 0 Å². The van der Waals surface area contributed by atoms with E-state index in [1.54, 1.807) is 12.1 Å². The smallest absolute Gasteiger partial charge is 0.139 e. The van der Waals surface area contributed by atoms with E-state index in [9.17, 15) is 10.2 Å². The number of piperidine rings is 1. The molecule has 4 heteroatoms. The standard InChI is InChI=1S/C22H26N2O2/c25-16-6-4-15(5-7-16)24-20-12-14-11-19-17-3-1-2-8-22(17,9-10-23-19)18(14)13-21(20)26/h4-7,12-13,17,19,23-26H,1-3,8-11H2/t17-,19+,22+/m1/s1. The fourth-order valence-electron chi connectivity index (χ4n) is 5.77. The van der Waals surface area contributed by atoms with Crippen LogP contribution in [0.15, 0.2) is 36.4 Å². The van der Waals surface area contributed by atoms with Crippen LogP contribution in [0.3, 0.4) is 0 Å². The normalized spacial score (nSPS) is 29.5. The summed E-state index contributed by atoms with van der Waals surface area (Å²) in [6.07, 6.45) is 7.44. The van der Waals surface area contributed by atoms with Gasteiger partial charge >= 0.3 is 0 Å². The first-order chi connectivity index (χ1) is 12.7. The van der Waals surface area contributed by atoms with Gasteiger partial charge in [0.05, 0.1) is 5.69 Å². The van der Waals surface area contributed by atoms with Crippen LogP contribution in [0, 0.1) is 5.92 Å². The second-order valence-electron chi connectivity index (χ2n) is 8.22. The van der Waals surface area contributed by atoms with Gasteiger partial charge in [0.2, 0.25) is 0 Å². The van der Waals surface area contributed by atoms with Crippen molar-refractivity contribution in [2.24, 2.45) is 5.92 Å². The third-order valence-electron chi connectivity index (χ3n) is 6.91. The third-order valence-corrected chi connectivity index (χ3v) is 6.91. The summed E-state index contributed by atoms with van der Waals surface area (Å²) in [7, 11) is 0. The lowest BCUT2D eigenvalue weighted by Crippen LogP contribution is -2.59. The SMILES string of the molecule is Oc1ccc(Nc2cc3c(cc2O)[C@]24CCCC[C@@H]2[C@H](C3)NCC4)cc1. The number of phenols is 2. The number of rotatable bonds is 2. The van der Waals surface area contributed by atoms with Crippen LogP contribution in [0.5, 0.6) is 11.5 Å². The second-order valence-corrected chi connectivity index (χ2v) is 8.22. The van der Waals surface area contributed by atoms with Gasteiger partial charge in [0.25, 0.3) is 0 Å². The number of nitrogens with one attached hydrogen (secondary N) is 2. The van der Waals surface area contributed by atoms with Gasteiger partial charge in [-0.05, 0) is 85.7 Å². The van der Waals surface area contributed by atoms with Gasteiger partial charge in [-0.25, -0.2) is 0 Å². The van der Waals surface area contributed by atoms with Crippen molar-refractivity contribution in [3.63, 3.8) is 0 Å². The molecule has 2 aromatic carbocycles. The molecule has 2 aromatic rings. The molecule has 0 aromatic heterocycles.